The summed E-state index contributed by atoms with van der Waals surface area (Å²) in [7, 11) is -3.40. The minimum Gasteiger partial charge on any atom is -0.322 e. The second kappa shape index (κ2) is 6.57. The molecule has 0 radical (unpaired) electrons. The van der Waals surface area contributed by atoms with Crippen molar-refractivity contribution in [2.24, 2.45) is 0 Å². The molecule has 22 heavy (non-hydrogen) atoms. The highest BCUT2D eigenvalue weighted by Gasteiger charge is 2.10. The van der Waals surface area contributed by atoms with Crippen LogP contribution in [0.4, 0.5) is 15.8 Å². The van der Waals surface area contributed by atoms with E-state index >= 15 is 0 Å². The highest BCUT2D eigenvalue weighted by molar-refractivity contribution is 7.92. The van der Waals surface area contributed by atoms with Gasteiger partial charge in [-0.25, -0.2) is 12.8 Å². The minimum absolute atomic E-state index is 0.0565. The second-order valence-electron chi connectivity index (χ2n) is 4.55. The number of amides is 1. The molecule has 0 aliphatic heterocycles. The number of carbonyl (C=O) groups excluding carboxylic acids is 1. The Hall–Kier alpha value is -2.41. The third-order valence-corrected chi connectivity index (χ3v) is 4.19. The van der Waals surface area contributed by atoms with E-state index in [4.69, 9.17) is 0 Å². The second-order valence-corrected chi connectivity index (χ2v) is 6.56. The monoisotopic (exact) mass is 322 g/mol. The zero-order valence-corrected chi connectivity index (χ0v) is 12.7. The molecule has 0 aliphatic rings. The molecule has 5 nitrogen and oxygen atoms in total. The van der Waals surface area contributed by atoms with E-state index < -0.39 is 21.7 Å². The summed E-state index contributed by atoms with van der Waals surface area (Å²) >= 11 is 0. The summed E-state index contributed by atoms with van der Waals surface area (Å²) in [4.78, 5) is 12.1. The molecule has 0 saturated carbocycles. The summed E-state index contributed by atoms with van der Waals surface area (Å²) in [6, 6.07) is 11.5. The van der Waals surface area contributed by atoms with Gasteiger partial charge in [0.25, 0.3) is 5.91 Å². The smallest absolute Gasteiger partial charge is 0.255 e. The van der Waals surface area contributed by atoms with Gasteiger partial charge in [0.1, 0.15) is 5.82 Å². The molecule has 116 valence electrons. The first-order chi connectivity index (χ1) is 10.4. The van der Waals surface area contributed by atoms with Crippen molar-refractivity contribution in [3.63, 3.8) is 0 Å². The highest BCUT2D eigenvalue weighted by atomic mass is 32.2. The fourth-order valence-electron chi connectivity index (χ4n) is 1.71. The van der Waals surface area contributed by atoms with Gasteiger partial charge in [-0.1, -0.05) is 6.07 Å². The lowest BCUT2D eigenvalue weighted by molar-refractivity contribution is 0.102. The number of benzene rings is 2. The van der Waals surface area contributed by atoms with Crippen LogP contribution in [0.5, 0.6) is 0 Å². The molecule has 0 bridgehead atoms. The van der Waals surface area contributed by atoms with Crippen LogP contribution in [0.15, 0.2) is 48.5 Å². The zero-order valence-electron chi connectivity index (χ0n) is 11.8. The molecule has 0 aliphatic carbocycles. The van der Waals surface area contributed by atoms with Crippen molar-refractivity contribution in [1.29, 1.82) is 0 Å². The number of nitrogens with one attached hydrogen (secondary N) is 2. The van der Waals surface area contributed by atoms with Gasteiger partial charge >= 0.3 is 0 Å². The molecule has 2 aromatic rings. The van der Waals surface area contributed by atoms with Crippen molar-refractivity contribution >= 4 is 27.3 Å². The lowest BCUT2D eigenvalue weighted by Gasteiger charge is -2.09. The zero-order chi connectivity index (χ0) is 16.2. The molecule has 2 rings (SSSR count). The van der Waals surface area contributed by atoms with Gasteiger partial charge in [0.2, 0.25) is 10.0 Å². The van der Waals surface area contributed by atoms with Crippen molar-refractivity contribution in [2.45, 2.75) is 6.92 Å². The Morgan fingerprint density at radius 2 is 1.77 bits per heavy atom. The van der Waals surface area contributed by atoms with Gasteiger partial charge in [-0.15, -0.1) is 0 Å². The number of sulfonamides is 1. The van der Waals surface area contributed by atoms with Gasteiger partial charge in [0.05, 0.1) is 5.75 Å². The fourth-order valence-corrected chi connectivity index (χ4v) is 2.34. The first-order valence-electron chi connectivity index (χ1n) is 6.57. The summed E-state index contributed by atoms with van der Waals surface area (Å²) in [6.07, 6.45) is 0. The molecule has 0 heterocycles. The van der Waals surface area contributed by atoms with Gasteiger partial charge in [-0.2, -0.15) is 0 Å². The number of anilines is 2. The first-order valence-corrected chi connectivity index (χ1v) is 8.22. The minimum atomic E-state index is -3.40. The summed E-state index contributed by atoms with van der Waals surface area (Å²) < 4.78 is 38.2. The van der Waals surface area contributed by atoms with Crippen molar-refractivity contribution in [3.05, 3.63) is 59.9 Å². The van der Waals surface area contributed by atoms with Crippen LogP contribution < -0.4 is 10.0 Å². The molecule has 0 fully saturated rings. The SMILES string of the molecule is CCS(=O)(=O)Nc1cccc(C(=O)Nc2ccc(F)cc2)c1. The van der Waals surface area contributed by atoms with Gasteiger partial charge < -0.3 is 5.32 Å². The van der Waals surface area contributed by atoms with Gasteiger partial charge in [0, 0.05) is 16.9 Å². The average Bonchev–Trinajstić information content (AvgIpc) is 2.49. The Bertz CT molecular complexity index is 774. The molecule has 7 heteroatoms. The van der Waals surface area contributed by atoms with Crippen LogP contribution in [0.1, 0.15) is 17.3 Å². The maximum absolute atomic E-state index is 12.8. The molecule has 2 aromatic carbocycles. The van der Waals surface area contributed by atoms with Crippen molar-refractivity contribution in [2.75, 3.05) is 15.8 Å². The van der Waals surface area contributed by atoms with E-state index in [0.29, 0.717) is 16.9 Å². The van der Waals surface area contributed by atoms with Crippen molar-refractivity contribution < 1.29 is 17.6 Å². The predicted octanol–water partition coefficient (Wildman–Crippen LogP) is 2.84. The number of halogens is 1. The number of hydrogen-bond acceptors (Lipinski definition) is 3. The van der Waals surface area contributed by atoms with Gasteiger partial charge in [-0.05, 0) is 49.4 Å². The van der Waals surface area contributed by atoms with E-state index in [0.717, 1.165) is 0 Å². The Labute approximate surface area is 128 Å². The first kappa shape index (κ1) is 16.0. The standard InChI is InChI=1S/C15H15FN2O3S/c1-2-22(20,21)18-14-5-3-4-11(10-14)15(19)17-13-8-6-12(16)7-9-13/h3-10,18H,2H2,1H3,(H,17,19). The highest BCUT2D eigenvalue weighted by Crippen LogP contribution is 2.15. The van der Waals surface area contributed by atoms with Crippen LogP contribution in [0.25, 0.3) is 0 Å². The summed E-state index contributed by atoms with van der Waals surface area (Å²) in [5.41, 5.74) is 1.06. The van der Waals surface area contributed by atoms with E-state index in [-0.39, 0.29) is 5.75 Å². The molecule has 0 aromatic heterocycles. The van der Waals surface area contributed by atoms with E-state index in [1.165, 1.54) is 37.3 Å². The molecular weight excluding hydrogens is 307 g/mol. The van der Waals surface area contributed by atoms with Gasteiger partial charge in [-0.3, -0.25) is 9.52 Å². The molecule has 0 saturated heterocycles. The predicted molar refractivity (Wildman–Crippen MR) is 83.9 cm³/mol. The molecule has 0 spiro atoms. The molecule has 1 amide bonds. The molecule has 0 atom stereocenters. The van der Waals surface area contributed by atoms with Crippen molar-refractivity contribution in [1.82, 2.24) is 0 Å². The Kier molecular flexibility index (Phi) is 4.77. The Morgan fingerprint density at radius 3 is 2.41 bits per heavy atom. The summed E-state index contributed by atoms with van der Waals surface area (Å²) in [6.45, 7) is 1.52. The maximum Gasteiger partial charge on any atom is 0.255 e. The van der Waals surface area contributed by atoms with Crippen LogP contribution >= 0.6 is 0 Å². The van der Waals surface area contributed by atoms with E-state index in [1.54, 1.807) is 18.2 Å². The third kappa shape index (κ3) is 4.29. The van der Waals surface area contributed by atoms with Gasteiger partial charge in [0.15, 0.2) is 0 Å². The van der Waals surface area contributed by atoms with E-state index in [9.17, 15) is 17.6 Å². The molecule has 0 unspecified atom stereocenters. The topological polar surface area (TPSA) is 75.3 Å². The lowest BCUT2D eigenvalue weighted by atomic mass is 10.2. The number of hydrogen-bond donors (Lipinski definition) is 2. The van der Waals surface area contributed by atoms with Crippen LogP contribution in [-0.4, -0.2) is 20.1 Å². The van der Waals surface area contributed by atoms with Crippen LogP contribution in [0.3, 0.4) is 0 Å². The summed E-state index contributed by atoms with van der Waals surface area (Å²) in [5, 5.41) is 2.61. The van der Waals surface area contributed by atoms with Crippen LogP contribution in [0, 0.1) is 5.82 Å². The average molecular weight is 322 g/mol. The number of rotatable bonds is 5. The largest absolute Gasteiger partial charge is 0.322 e. The van der Waals surface area contributed by atoms with Crippen LogP contribution in [0.2, 0.25) is 0 Å². The normalized spacial score (nSPS) is 11.0. The van der Waals surface area contributed by atoms with Crippen molar-refractivity contribution in [3.8, 4) is 0 Å². The van der Waals surface area contributed by atoms with E-state index in [2.05, 4.69) is 10.0 Å². The number of carbonyl (C=O) groups is 1. The molecule has 2 N–H and O–H groups in total. The quantitative estimate of drug-likeness (QED) is 0.889. The lowest BCUT2D eigenvalue weighted by Crippen LogP contribution is -2.16. The van der Waals surface area contributed by atoms with E-state index in [1.807, 2.05) is 0 Å². The fraction of sp³-hybridized carbons (Fsp3) is 0.133. The third-order valence-electron chi connectivity index (χ3n) is 2.88. The Balaban J connectivity index is 2.15. The maximum atomic E-state index is 12.8. The van der Waals surface area contributed by atoms with Crippen LogP contribution in [-0.2, 0) is 10.0 Å². The molecular formula is C15H15FN2O3S. The Morgan fingerprint density at radius 1 is 1.09 bits per heavy atom. The summed E-state index contributed by atoms with van der Waals surface area (Å²) in [5.74, 6) is -0.864.